The maximum Gasteiger partial charge on any atom is 0.0754 e. The van der Waals surface area contributed by atoms with Gasteiger partial charge in [0.15, 0.2) is 0 Å². The zero-order valence-corrected chi connectivity index (χ0v) is 39.0. The van der Waals surface area contributed by atoms with Crippen molar-refractivity contribution in [2.24, 2.45) is 0 Å². The number of thiophene rings is 1. The number of hydrogen-bond acceptors (Lipinski definition) is 3. The highest BCUT2D eigenvalue weighted by Gasteiger charge is 2.52. The Bertz CT molecular complexity index is 3800. The molecule has 3 heteroatoms. The molecule has 328 valence electrons. The summed E-state index contributed by atoms with van der Waals surface area (Å²) in [5.41, 5.74) is 21.5. The van der Waals surface area contributed by atoms with Crippen molar-refractivity contribution < 1.29 is 0 Å². The average Bonchev–Trinajstić information content (AvgIpc) is 3.95. The van der Waals surface area contributed by atoms with Gasteiger partial charge in [0.1, 0.15) is 0 Å². The van der Waals surface area contributed by atoms with Gasteiger partial charge in [0.2, 0.25) is 0 Å². The molecule has 0 fully saturated rings. The Hall–Kier alpha value is -8.76. The maximum absolute atomic E-state index is 2.45. The van der Waals surface area contributed by atoms with Crippen LogP contribution in [0, 0.1) is 0 Å². The summed E-state index contributed by atoms with van der Waals surface area (Å²) in [6.45, 7) is 0. The van der Waals surface area contributed by atoms with Gasteiger partial charge in [-0.3, -0.25) is 0 Å². The number of hydrogen-bond donors (Lipinski definition) is 0. The van der Waals surface area contributed by atoms with Crippen molar-refractivity contribution in [3.05, 3.63) is 289 Å². The van der Waals surface area contributed by atoms with Gasteiger partial charge in [-0.25, -0.2) is 0 Å². The van der Waals surface area contributed by atoms with E-state index in [1.807, 2.05) is 11.3 Å². The minimum Gasteiger partial charge on any atom is -0.310 e. The van der Waals surface area contributed by atoms with Gasteiger partial charge in [0.05, 0.1) is 16.8 Å². The van der Waals surface area contributed by atoms with E-state index in [0.29, 0.717) is 0 Å². The van der Waals surface area contributed by atoms with Crippen LogP contribution in [-0.4, -0.2) is 0 Å². The van der Waals surface area contributed by atoms with Crippen molar-refractivity contribution in [3.8, 4) is 44.5 Å². The maximum atomic E-state index is 2.45. The molecule has 0 unspecified atom stereocenters. The van der Waals surface area contributed by atoms with Gasteiger partial charge in [0.25, 0.3) is 0 Å². The highest BCUT2D eigenvalue weighted by atomic mass is 32.1. The van der Waals surface area contributed by atoms with Crippen LogP contribution in [0.1, 0.15) is 22.3 Å². The lowest BCUT2D eigenvalue weighted by Gasteiger charge is -2.45. The monoisotopic (exact) mass is 908 g/mol. The normalized spacial score (nSPS) is 12.9. The summed E-state index contributed by atoms with van der Waals surface area (Å²) in [6.07, 6.45) is 0. The fourth-order valence-electron chi connectivity index (χ4n) is 11.6. The highest BCUT2D eigenvalue weighted by Crippen LogP contribution is 2.64. The zero-order valence-electron chi connectivity index (χ0n) is 38.2. The Morgan fingerprint density at radius 2 is 0.757 bits per heavy atom. The molecule has 11 aromatic carbocycles. The van der Waals surface area contributed by atoms with Crippen LogP contribution in [0.5, 0.6) is 0 Å². The third-order valence-electron chi connectivity index (χ3n) is 14.7. The van der Waals surface area contributed by atoms with E-state index in [2.05, 4.69) is 277 Å². The Labute approximate surface area is 412 Å². The number of fused-ring (bicyclic) bond motifs is 12. The van der Waals surface area contributed by atoms with Crippen LogP contribution in [0.15, 0.2) is 267 Å². The number of rotatable bonds is 7. The minimum atomic E-state index is -0.517. The highest BCUT2D eigenvalue weighted by molar-refractivity contribution is 7.25. The van der Waals surface area contributed by atoms with E-state index < -0.39 is 5.41 Å². The van der Waals surface area contributed by atoms with E-state index in [1.54, 1.807) is 0 Å². The topological polar surface area (TPSA) is 6.48 Å². The van der Waals surface area contributed by atoms with Crippen LogP contribution in [0.4, 0.5) is 34.1 Å². The first-order valence-electron chi connectivity index (χ1n) is 24.1. The second kappa shape index (κ2) is 16.2. The number of para-hydroxylation sites is 3. The summed E-state index contributed by atoms with van der Waals surface area (Å²) in [6, 6.07) is 98.5. The molecule has 0 saturated carbocycles. The standard InChI is InChI=1S/C67H44N2S/c1-4-17-45(18-5-1)47-31-36-51(37-32-47)68(52-38-33-48(34-39-52)46-19-6-2-7-20-46)53-40-42-65-57(44-53)56-43-49(35-41-64(56)70-65)54-24-16-28-61-66(54)55-23-10-11-25-58(55)67(61)59-26-12-14-29-62(59)69(50-21-8-3-9-22-50)63-30-15-13-27-60(63)67/h1-44H. The van der Waals surface area contributed by atoms with E-state index in [-0.39, 0.29) is 0 Å². The molecule has 0 bridgehead atoms. The predicted octanol–water partition coefficient (Wildman–Crippen LogP) is 18.7. The first-order valence-corrected chi connectivity index (χ1v) is 24.9. The Morgan fingerprint density at radius 1 is 0.314 bits per heavy atom. The largest absolute Gasteiger partial charge is 0.310 e. The van der Waals surface area contributed by atoms with Crippen LogP contribution < -0.4 is 9.80 Å². The van der Waals surface area contributed by atoms with Gasteiger partial charge in [-0.05, 0) is 146 Å². The van der Waals surface area contributed by atoms with Crippen LogP contribution in [0.2, 0.25) is 0 Å². The molecule has 14 rings (SSSR count). The molecule has 0 radical (unpaired) electrons. The molecule has 1 spiro atoms. The quantitative estimate of drug-likeness (QED) is 0.157. The first-order chi connectivity index (χ1) is 34.7. The SMILES string of the molecule is c1ccc(-c2ccc(N(c3ccc(-c4ccccc4)cc3)c3ccc4sc5ccc(-c6cccc7c6-c6ccccc6C76c7ccccc7N(c7ccccc7)c7ccccc76)cc5c4c3)cc2)cc1. The van der Waals surface area contributed by atoms with Crippen LogP contribution in [0.3, 0.4) is 0 Å². The molecule has 1 aliphatic carbocycles. The Kier molecular flexibility index (Phi) is 9.33. The molecule has 1 aliphatic heterocycles. The molecule has 2 aliphatic rings. The minimum absolute atomic E-state index is 0.517. The molecular formula is C67H44N2S. The lowest BCUT2D eigenvalue weighted by atomic mass is 9.64. The van der Waals surface area contributed by atoms with Gasteiger partial charge >= 0.3 is 0 Å². The summed E-state index contributed by atoms with van der Waals surface area (Å²) in [4.78, 5) is 4.85. The molecule has 0 atom stereocenters. The fraction of sp³-hybridized carbons (Fsp3) is 0.0149. The molecule has 0 N–H and O–H groups in total. The van der Waals surface area contributed by atoms with Crippen molar-refractivity contribution in [2.45, 2.75) is 5.41 Å². The summed E-state index contributed by atoms with van der Waals surface area (Å²) >= 11 is 1.87. The summed E-state index contributed by atoms with van der Waals surface area (Å²) in [5, 5.41) is 2.52. The first kappa shape index (κ1) is 40.3. The molecule has 2 heterocycles. The molecule has 12 aromatic rings. The van der Waals surface area contributed by atoms with Crippen LogP contribution in [-0.2, 0) is 5.41 Å². The van der Waals surface area contributed by atoms with E-state index in [4.69, 9.17) is 0 Å². The summed E-state index contributed by atoms with van der Waals surface area (Å²) in [5.74, 6) is 0. The van der Waals surface area contributed by atoms with Gasteiger partial charge in [0, 0.05) is 42.9 Å². The lowest BCUT2D eigenvalue weighted by Crippen LogP contribution is -2.36. The van der Waals surface area contributed by atoms with E-state index >= 15 is 0 Å². The van der Waals surface area contributed by atoms with Crippen molar-refractivity contribution in [2.75, 3.05) is 9.80 Å². The second-order valence-corrected chi connectivity index (χ2v) is 19.5. The second-order valence-electron chi connectivity index (χ2n) is 18.4. The van der Waals surface area contributed by atoms with Crippen molar-refractivity contribution in [1.29, 1.82) is 0 Å². The van der Waals surface area contributed by atoms with Gasteiger partial charge in [-0.2, -0.15) is 0 Å². The molecule has 1 aromatic heterocycles. The Morgan fingerprint density at radius 3 is 1.37 bits per heavy atom. The van der Waals surface area contributed by atoms with Gasteiger partial charge in [-0.15, -0.1) is 11.3 Å². The molecular weight excluding hydrogens is 865 g/mol. The Balaban J connectivity index is 0.928. The third-order valence-corrected chi connectivity index (χ3v) is 15.8. The number of anilines is 6. The van der Waals surface area contributed by atoms with Crippen molar-refractivity contribution >= 4 is 65.6 Å². The van der Waals surface area contributed by atoms with Gasteiger partial charge < -0.3 is 9.80 Å². The average molecular weight is 909 g/mol. The van der Waals surface area contributed by atoms with Crippen LogP contribution >= 0.6 is 11.3 Å². The van der Waals surface area contributed by atoms with Crippen molar-refractivity contribution in [3.63, 3.8) is 0 Å². The van der Waals surface area contributed by atoms with Gasteiger partial charge in [-0.1, -0.05) is 188 Å². The number of benzene rings is 11. The molecule has 2 nitrogen and oxygen atoms in total. The number of nitrogens with zero attached hydrogens (tertiary/aromatic N) is 2. The predicted molar refractivity (Wildman–Crippen MR) is 296 cm³/mol. The van der Waals surface area contributed by atoms with E-state index in [1.165, 1.54) is 98.3 Å². The summed E-state index contributed by atoms with van der Waals surface area (Å²) < 4.78 is 2.55. The van der Waals surface area contributed by atoms with E-state index in [9.17, 15) is 0 Å². The third kappa shape index (κ3) is 6.19. The lowest BCUT2D eigenvalue weighted by molar-refractivity contribution is 0.753. The van der Waals surface area contributed by atoms with E-state index in [0.717, 1.165) is 22.7 Å². The molecule has 0 saturated heterocycles. The zero-order chi connectivity index (χ0) is 46.2. The molecule has 0 amide bonds. The fourth-order valence-corrected chi connectivity index (χ4v) is 12.7. The van der Waals surface area contributed by atoms with Crippen LogP contribution in [0.25, 0.3) is 64.7 Å². The molecule has 70 heavy (non-hydrogen) atoms. The smallest absolute Gasteiger partial charge is 0.0754 e. The van der Waals surface area contributed by atoms with Crippen molar-refractivity contribution in [1.82, 2.24) is 0 Å². The summed E-state index contributed by atoms with van der Waals surface area (Å²) in [7, 11) is 0.